The highest BCUT2D eigenvalue weighted by molar-refractivity contribution is 5.78. The molecule has 0 heterocycles. The average Bonchev–Trinajstić information content (AvgIpc) is 3.02. The fourth-order valence-electron chi connectivity index (χ4n) is 4.24. The van der Waals surface area contributed by atoms with Crippen molar-refractivity contribution in [2.45, 2.75) is 57.5 Å². The lowest BCUT2D eigenvalue weighted by Gasteiger charge is -2.32. The minimum atomic E-state index is -0.760. The highest BCUT2D eigenvalue weighted by atomic mass is 16.4. The largest absolute Gasteiger partial charge is 0.481 e. The second-order valence-electron chi connectivity index (χ2n) is 7.32. The van der Waals surface area contributed by atoms with Crippen molar-refractivity contribution in [1.29, 1.82) is 0 Å². The van der Waals surface area contributed by atoms with E-state index < -0.39 is 11.9 Å². The van der Waals surface area contributed by atoms with Crippen LogP contribution in [0.15, 0.2) is 0 Å². The molecule has 0 aromatic rings. The smallest absolute Gasteiger partial charge is 0.315 e. The van der Waals surface area contributed by atoms with Crippen molar-refractivity contribution in [2.24, 2.45) is 23.7 Å². The summed E-state index contributed by atoms with van der Waals surface area (Å²) in [4.78, 5) is 23.6. The van der Waals surface area contributed by atoms with Gasteiger partial charge in [0, 0.05) is 11.6 Å². The van der Waals surface area contributed by atoms with Gasteiger partial charge < -0.3 is 15.7 Å². The molecule has 2 amide bonds. The number of fused-ring (bicyclic) bond motifs is 2. The normalized spacial score (nSPS) is 35.9. The number of hydrogen-bond donors (Lipinski definition) is 3. The lowest BCUT2D eigenvalue weighted by molar-refractivity contribution is -0.144. The van der Waals surface area contributed by atoms with Gasteiger partial charge in [-0.3, -0.25) is 4.79 Å². The molecule has 3 fully saturated rings. The number of aliphatic carboxylic acids is 1. The number of urea groups is 1. The molecule has 0 radical (unpaired) electrons. The molecule has 20 heavy (non-hydrogen) atoms. The van der Waals surface area contributed by atoms with Crippen molar-refractivity contribution >= 4 is 12.0 Å². The van der Waals surface area contributed by atoms with Crippen molar-refractivity contribution in [1.82, 2.24) is 10.6 Å². The molecule has 4 unspecified atom stereocenters. The van der Waals surface area contributed by atoms with Crippen LogP contribution in [-0.2, 0) is 4.79 Å². The van der Waals surface area contributed by atoms with Crippen LogP contribution in [0.25, 0.3) is 0 Å². The maximum absolute atomic E-state index is 12.2. The van der Waals surface area contributed by atoms with Crippen LogP contribution in [0.3, 0.4) is 0 Å². The van der Waals surface area contributed by atoms with Crippen LogP contribution in [0.1, 0.15) is 46.0 Å². The van der Waals surface area contributed by atoms with Gasteiger partial charge in [-0.1, -0.05) is 0 Å². The van der Waals surface area contributed by atoms with Gasteiger partial charge in [0.25, 0.3) is 0 Å². The highest BCUT2D eigenvalue weighted by Crippen LogP contribution is 2.48. The molecule has 3 N–H and O–H groups in total. The number of carboxylic acid groups (broad SMARTS) is 1. The Morgan fingerprint density at radius 2 is 1.75 bits per heavy atom. The van der Waals surface area contributed by atoms with Crippen LogP contribution in [0.2, 0.25) is 0 Å². The Morgan fingerprint density at radius 3 is 2.35 bits per heavy atom. The average molecular weight is 280 g/mol. The van der Waals surface area contributed by atoms with E-state index in [4.69, 9.17) is 0 Å². The second kappa shape index (κ2) is 4.64. The van der Waals surface area contributed by atoms with Crippen LogP contribution < -0.4 is 10.6 Å². The van der Waals surface area contributed by atoms with E-state index in [0.29, 0.717) is 11.8 Å². The number of carbonyl (C=O) groups excluding carboxylic acids is 1. The van der Waals surface area contributed by atoms with E-state index >= 15 is 0 Å². The molecular formula is C15H24N2O3. The third-order valence-corrected chi connectivity index (χ3v) is 5.53. The van der Waals surface area contributed by atoms with Crippen molar-refractivity contribution in [2.75, 3.05) is 0 Å². The molecule has 4 atom stereocenters. The number of carbonyl (C=O) groups is 2. The summed E-state index contributed by atoms with van der Waals surface area (Å²) < 4.78 is 0. The Balaban J connectivity index is 1.61. The monoisotopic (exact) mass is 280 g/mol. The summed E-state index contributed by atoms with van der Waals surface area (Å²) in [5, 5.41) is 15.3. The highest BCUT2D eigenvalue weighted by Gasteiger charge is 2.52. The molecule has 3 saturated carbocycles. The molecule has 0 saturated heterocycles. The molecule has 3 aliphatic rings. The van der Waals surface area contributed by atoms with Crippen molar-refractivity contribution in [3.8, 4) is 0 Å². The second-order valence-corrected chi connectivity index (χ2v) is 7.32. The third kappa shape index (κ3) is 2.38. The first-order chi connectivity index (χ1) is 9.38. The number of rotatable bonds is 4. The zero-order valence-electron chi connectivity index (χ0n) is 12.2. The first-order valence-electron chi connectivity index (χ1n) is 7.70. The molecular weight excluding hydrogens is 256 g/mol. The summed E-state index contributed by atoms with van der Waals surface area (Å²) in [6.07, 6.45) is 5.33. The number of hydrogen-bond acceptors (Lipinski definition) is 2. The minimum Gasteiger partial charge on any atom is -0.481 e. The van der Waals surface area contributed by atoms with E-state index in [1.54, 1.807) is 0 Å². The number of carboxylic acids is 1. The molecule has 5 nitrogen and oxygen atoms in total. The lowest BCUT2D eigenvalue weighted by Crippen LogP contribution is -2.55. The number of amides is 2. The topological polar surface area (TPSA) is 78.4 Å². The van der Waals surface area contributed by atoms with E-state index in [9.17, 15) is 14.7 Å². The van der Waals surface area contributed by atoms with Gasteiger partial charge in [-0.15, -0.1) is 0 Å². The molecule has 112 valence electrons. The summed E-state index contributed by atoms with van der Waals surface area (Å²) in [5.41, 5.74) is -0.194. The molecule has 0 aromatic carbocycles. The van der Waals surface area contributed by atoms with Crippen LogP contribution in [0, 0.1) is 23.7 Å². The van der Waals surface area contributed by atoms with Gasteiger partial charge in [-0.05, 0) is 63.7 Å². The molecule has 5 heteroatoms. The van der Waals surface area contributed by atoms with Gasteiger partial charge in [0.1, 0.15) is 0 Å². The predicted octanol–water partition coefficient (Wildman–Crippen LogP) is 1.97. The first kappa shape index (κ1) is 13.7. The van der Waals surface area contributed by atoms with E-state index in [1.807, 2.05) is 13.8 Å². The molecule has 0 aliphatic heterocycles. The van der Waals surface area contributed by atoms with Gasteiger partial charge in [-0.2, -0.15) is 0 Å². The van der Waals surface area contributed by atoms with Crippen LogP contribution in [0.4, 0.5) is 4.79 Å². The maximum Gasteiger partial charge on any atom is 0.315 e. The molecule has 0 aromatic heterocycles. The van der Waals surface area contributed by atoms with E-state index in [0.717, 1.165) is 19.3 Å². The summed E-state index contributed by atoms with van der Waals surface area (Å²) in [5.74, 6) is -0.00818. The van der Waals surface area contributed by atoms with Crippen molar-refractivity contribution in [3.05, 3.63) is 0 Å². The Morgan fingerprint density at radius 1 is 1.10 bits per heavy atom. The maximum atomic E-state index is 12.2. The molecule has 3 aliphatic carbocycles. The van der Waals surface area contributed by atoms with Crippen molar-refractivity contribution in [3.63, 3.8) is 0 Å². The molecule has 2 bridgehead atoms. The zero-order valence-corrected chi connectivity index (χ0v) is 12.2. The van der Waals surface area contributed by atoms with E-state index in [2.05, 4.69) is 10.6 Å². The van der Waals surface area contributed by atoms with Gasteiger partial charge in [0.15, 0.2) is 0 Å². The van der Waals surface area contributed by atoms with Crippen LogP contribution in [0.5, 0.6) is 0 Å². The van der Waals surface area contributed by atoms with Crippen LogP contribution >= 0.6 is 0 Å². The summed E-state index contributed by atoms with van der Waals surface area (Å²) in [6.45, 7) is 4.08. The fourth-order valence-corrected chi connectivity index (χ4v) is 4.24. The predicted molar refractivity (Wildman–Crippen MR) is 74.2 cm³/mol. The van der Waals surface area contributed by atoms with E-state index in [-0.39, 0.29) is 23.5 Å². The van der Waals surface area contributed by atoms with Gasteiger partial charge in [0.05, 0.1) is 5.92 Å². The van der Waals surface area contributed by atoms with Crippen LogP contribution in [-0.4, -0.2) is 28.7 Å². The lowest BCUT2D eigenvalue weighted by atomic mass is 9.84. The standard InChI is InChI=1S/C15H24N2O3/c1-15(2,10-5-6-10)17-14(20)16-12-9-4-3-8(7-9)11(12)13(18)19/h8-12H,3-7H2,1-2H3,(H,18,19)(H2,16,17,20). The summed E-state index contributed by atoms with van der Waals surface area (Å²) in [6, 6.07) is -0.396. The Hall–Kier alpha value is -1.26. The molecule has 0 spiro atoms. The minimum absolute atomic E-state index is 0.193. The summed E-state index contributed by atoms with van der Waals surface area (Å²) in [7, 11) is 0. The fraction of sp³-hybridized carbons (Fsp3) is 0.867. The number of nitrogens with one attached hydrogen (secondary N) is 2. The van der Waals surface area contributed by atoms with E-state index in [1.165, 1.54) is 12.8 Å². The van der Waals surface area contributed by atoms with Gasteiger partial charge in [-0.25, -0.2) is 4.79 Å². The Labute approximate surface area is 119 Å². The first-order valence-corrected chi connectivity index (χ1v) is 7.70. The zero-order chi connectivity index (χ0) is 14.5. The molecule has 3 rings (SSSR count). The van der Waals surface area contributed by atoms with Gasteiger partial charge >= 0.3 is 12.0 Å². The quantitative estimate of drug-likeness (QED) is 0.736. The Bertz CT molecular complexity index is 431. The Kier molecular flexibility index (Phi) is 3.18. The SMILES string of the molecule is CC(C)(NC(=O)NC1C2CCC(C2)C1C(=O)O)C1CC1. The summed E-state index contributed by atoms with van der Waals surface area (Å²) >= 11 is 0. The van der Waals surface area contributed by atoms with Gasteiger partial charge in [0.2, 0.25) is 0 Å². The van der Waals surface area contributed by atoms with Crippen molar-refractivity contribution < 1.29 is 14.7 Å². The third-order valence-electron chi connectivity index (χ3n) is 5.53.